The zero-order valence-electron chi connectivity index (χ0n) is 18.5. The van der Waals surface area contributed by atoms with Gasteiger partial charge < -0.3 is 19.5 Å². The Morgan fingerprint density at radius 2 is 2.12 bits per heavy atom. The van der Waals surface area contributed by atoms with Gasteiger partial charge in [0.15, 0.2) is 6.61 Å². The third-order valence-electron chi connectivity index (χ3n) is 5.03. The molecule has 0 spiro atoms. The van der Waals surface area contributed by atoms with Crippen molar-refractivity contribution in [2.24, 2.45) is 0 Å². The Bertz CT molecular complexity index is 1150. The lowest BCUT2D eigenvalue weighted by molar-refractivity contribution is -0.123. The number of rotatable bonds is 9. The number of methoxy groups -OCH3 is 1. The molecule has 0 unspecified atom stereocenters. The van der Waals surface area contributed by atoms with Crippen LogP contribution in [0.5, 0.6) is 11.5 Å². The number of carbonyl (C=O) groups is 2. The van der Waals surface area contributed by atoms with Gasteiger partial charge in [-0.25, -0.2) is 4.98 Å². The molecule has 0 atom stereocenters. The maximum absolute atomic E-state index is 12.8. The summed E-state index contributed by atoms with van der Waals surface area (Å²) < 4.78 is 16.3. The SMILES string of the molecule is CCOc1ccccc1NC(=O)CN1C(=O)COc2ccc(-c3csc(CCOC)n3)cc21. The van der Waals surface area contributed by atoms with Gasteiger partial charge in [0.05, 0.1) is 35.3 Å². The Kier molecular flexibility index (Phi) is 7.21. The summed E-state index contributed by atoms with van der Waals surface area (Å²) in [5.41, 5.74) is 2.76. The van der Waals surface area contributed by atoms with Crippen molar-refractivity contribution in [1.29, 1.82) is 0 Å². The van der Waals surface area contributed by atoms with Gasteiger partial charge >= 0.3 is 0 Å². The molecule has 0 saturated heterocycles. The summed E-state index contributed by atoms with van der Waals surface area (Å²) >= 11 is 1.56. The first-order valence-corrected chi connectivity index (χ1v) is 11.5. The largest absolute Gasteiger partial charge is 0.492 e. The maximum atomic E-state index is 12.8. The van der Waals surface area contributed by atoms with Crippen molar-refractivity contribution in [2.45, 2.75) is 13.3 Å². The molecule has 0 bridgehead atoms. The van der Waals surface area contributed by atoms with Crippen molar-refractivity contribution in [3.63, 3.8) is 0 Å². The van der Waals surface area contributed by atoms with Crippen molar-refractivity contribution < 1.29 is 23.8 Å². The predicted octanol–water partition coefficient (Wildman–Crippen LogP) is 3.76. The number of fused-ring (bicyclic) bond motifs is 1. The second kappa shape index (κ2) is 10.5. The molecule has 0 aliphatic carbocycles. The molecule has 9 heteroatoms. The lowest BCUT2D eigenvalue weighted by atomic mass is 10.1. The Labute approximate surface area is 196 Å². The van der Waals surface area contributed by atoms with Gasteiger partial charge in [-0.2, -0.15) is 0 Å². The number of amides is 2. The fraction of sp³-hybridized carbons (Fsp3) is 0.292. The minimum atomic E-state index is -0.329. The van der Waals surface area contributed by atoms with Crippen LogP contribution in [-0.2, 0) is 20.7 Å². The fourth-order valence-corrected chi connectivity index (χ4v) is 4.26. The molecule has 1 aliphatic rings. The van der Waals surface area contributed by atoms with Crippen LogP contribution in [0.4, 0.5) is 11.4 Å². The standard InChI is InChI=1S/C24H25N3O5S/c1-3-31-20-7-5-4-6-17(20)25-22(28)13-27-19-12-16(8-9-21(19)32-14-24(27)29)18-15-33-23(26-18)10-11-30-2/h4-9,12,15H,3,10-11,13-14H2,1-2H3,(H,25,28). The van der Waals surface area contributed by atoms with Crippen molar-refractivity contribution >= 4 is 34.5 Å². The monoisotopic (exact) mass is 467 g/mol. The van der Waals surface area contributed by atoms with Crippen LogP contribution in [0, 0.1) is 0 Å². The first-order chi connectivity index (χ1) is 16.1. The van der Waals surface area contributed by atoms with Crippen molar-refractivity contribution in [2.75, 3.05) is 43.7 Å². The van der Waals surface area contributed by atoms with E-state index >= 15 is 0 Å². The van der Waals surface area contributed by atoms with Gasteiger partial charge in [0.2, 0.25) is 5.91 Å². The normalized spacial score (nSPS) is 12.8. The molecule has 8 nitrogen and oxygen atoms in total. The second-order valence-electron chi connectivity index (χ2n) is 7.30. The van der Waals surface area contributed by atoms with Gasteiger partial charge in [0, 0.05) is 24.5 Å². The van der Waals surface area contributed by atoms with Crippen LogP contribution in [-0.4, -0.2) is 50.3 Å². The minimum Gasteiger partial charge on any atom is -0.492 e. The number of hydrogen-bond donors (Lipinski definition) is 1. The molecular weight excluding hydrogens is 442 g/mol. The second-order valence-corrected chi connectivity index (χ2v) is 8.24. The highest BCUT2D eigenvalue weighted by Crippen LogP contribution is 2.36. The van der Waals surface area contributed by atoms with Gasteiger partial charge in [-0.3, -0.25) is 14.5 Å². The quantitative estimate of drug-likeness (QED) is 0.515. The molecule has 4 rings (SSSR count). The average molecular weight is 468 g/mol. The molecule has 0 fully saturated rings. The van der Waals surface area contributed by atoms with E-state index in [0.717, 1.165) is 22.7 Å². The summed E-state index contributed by atoms with van der Waals surface area (Å²) in [4.78, 5) is 31.6. The number of nitrogens with zero attached hydrogens (tertiary/aromatic N) is 2. The molecule has 2 amide bonds. The molecule has 2 heterocycles. The zero-order valence-corrected chi connectivity index (χ0v) is 19.3. The summed E-state index contributed by atoms with van der Waals surface area (Å²) in [6.45, 7) is 2.70. The molecule has 1 N–H and O–H groups in total. The lowest BCUT2D eigenvalue weighted by Gasteiger charge is -2.29. The highest BCUT2D eigenvalue weighted by Gasteiger charge is 2.28. The number of ether oxygens (including phenoxy) is 3. The van der Waals surface area contributed by atoms with Gasteiger partial charge in [-0.1, -0.05) is 12.1 Å². The Hall–Kier alpha value is -3.43. The minimum absolute atomic E-state index is 0.118. The Balaban J connectivity index is 1.54. The first-order valence-electron chi connectivity index (χ1n) is 10.6. The van der Waals surface area contributed by atoms with Gasteiger partial charge in [0.1, 0.15) is 18.0 Å². The van der Waals surface area contributed by atoms with Crippen LogP contribution >= 0.6 is 11.3 Å². The smallest absolute Gasteiger partial charge is 0.265 e. The van der Waals surface area contributed by atoms with Crippen molar-refractivity contribution in [1.82, 2.24) is 4.98 Å². The van der Waals surface area contributed by atoms with Crippen LogP contribution < -0.4 is 19.7 Å². The molecule has 0 radical (unpaired) electrons. The van der Waals surface area contributed by atoms with Crippen molar-refractivity contribution in [3.8, 4) is 22.8 Å². The Morgan fingerprint density at radius 1 is 1.27 bits per heavy atom. The number of carbonyl (C=O) groups excluding carboxylic acids is 2. The third-order valence-corrected chi connectivity index (χ3v) is 5.94. The highest BCUT2D eigenvalue weighted by atomic mass is 32.1. The molecule has 2 aromatic carbocycles. The van der Waals surface area contributed by atoms with E-state index in [9.17, 15) is 9.59 Å². The van der Waals surface area contributed by atoms with Gasteiger partial charge in [0.25, 0.3) is 5.91 Å². The van der Waals surface area contributed by atoms with E-state index in [4.69, 9.17) is 14.2 Å². The lowest BCUT2D eigenvalue weighted by Crippen LogP contribution is -2.43. The van der Waals surface area contributed by atoms with Gasteiger partial charge in [-0.15, -0.1) is 11.3 Å². The fourth-order valence-electron chi connectivity index (χ4n) is 3.47. The van der Waals surface area contributed by atoms with Crippen LogP contribution in [0.3, 0.4) is 0 Å². The van der Waals surface area contributed by atoms with E-state index in [-0.39, 0.29) is 25.0 Å². The number of anilines is 2. The molecule has 172 valence electrons. The number of aromatic nitrogens is 1. The van der Waals surface area contributed by atoms with Crippen LogP contribution in [0.15, 0.2) is 47.8 Å². The zero-order chi connectivity index (χ0) is 23.2. The van der Waals surface area contributed by atoms with E-state index in [2.05, 4.69) is 10.3 Å². The number of nitrogens with one attached hydrogen (secondary N) is 1. The molecule has 1 aliphatic heterocycles. The summed E-state index contributed by atoms with van der Waals surface area (Å²) in [6.07, 6.45) is 0.739. The number of benzene rings is 2. The molecule has 33 heavy (non-hydrogen) atoms. The van der Waals surface area contributed by atoms with Crippen LogP contribution in [0.1, 0.15) is 11.9 Å². The highest BCUT2D eigenvalue weighted by molar-refractivity contribution is 7.09. The first kappa shape index (κ1) is 22.8. The maximum Gasteiger partial charge on any atom is 0.265 e. The van der Waals surface area contributed by atoms with E-state index in [1.54, 1.807) is 36.6 Å². The average Bonchev–Trinajstić information content (AvgIpc) is 3.30. The third kappa shape index (κ3) is 5.32. The Morgan fingerprint density at radius 3 is 2.94 bits per heavy atom. The summed E-state index contributed by atoms with van der Waals surface area (Å²) in [5.74, 6) is 0.518. The molecule has 1 aromatic heterocycles. The summed E-state index contributed by atoms with van der Waals surface area (Å²) in [5, 5.41) is 5.79. The van der Waals surface area contributed by atoms with Crippen LogP contribution in [0.2, 0.25) is 0 Å². The van der Waals surface area contributed by atoms with Crippen LogP contribution in [0.25, 0.3) is 11.3 Å². The summed E-state index contributed by atoms with van der Waals surface area (Å²) in [7, 11) is 1.66. The van der Waals surface area contributed by atoms with E-state index < -0.39 is 0 Å². The predicted molar refractivity (Wildman–Crippen MR) is 127 cm³/mol. The van der Waals surface area contributed by atoms with E-state index in [0.29, 0.717) is 36.1 Å². The molecular formula is C24H25N3O5S. The number of para-hydroxylation sites is 2. The van der Waals surface area contributed by atoms with E-state index in [1.807, 2.05) is 36.6 Å². The topological polar surface area (TPSA) is 90.0 Å². The molecule has 0 saturated carbocycles. The summed E-state index contributed by atoms with van der Waals surface area (Å²) in [6, 6.07) is 12.7. The van der Waals surface area contributed by atoms with E-state index in [1.165, 1.54) is 4.90 Å². The number of hydrogen-bond acceptors (Lipinski definition) is 7. The molecule has 3 aromatic rings. The van der Waals surface area contributed by atoms with Crippen molar-refractivity contribution in [3.05, 3.63) is 52.9 Å². The number of thiazole rings is 1. The van der Waals surface area contributed by atoms with Gasteiger partial charge in [-0.05, 0) is 37.3 Å².